The molecule has 0 saturated heterocycles. The summed E-state index contributed by atoms with van der Waals surface area (Å²) in [6, 6.07) is -1.90. The molecule has 0 aromatic heterocycles. The van der Waals surface area contributed by atoms with Crippen LogP contribution in [0.2, 0.25) is 0 Å². The van der Waals surface area contributed by atoms with Crippen molar-refractivity contribution in [2.45, 2.75) is 26.2 Å². The van der Waals surface area contributed by atoms with Gasteiger partial charge in [0.05, 0.1) is 0 Å². The molecule has 54 valence electrons. The minimum atomic E-state index is -2.90. The van der Waals surface area contributed by atoms with Crippen molar-refractivity contribution in [2.24, 2.45) is 11.6 Å². The molecule has 3 nitrogen and oxygen atoms in total. The molecule has 0 spiro atoms. The van der Waals surface area contributed by atoms with Crippen molar-refractivity contribution >= 4 is 5.97 Å². The number of rotatable bonds is 3. The number of nitrogens with two attached hydrogens (primary N) is 1. The maximum absolute atomic E-state index is 10.5. The van der Waals surface area contributed by atoms with Gasteiger partial charge in [-0.3, -0.25) is 4.79 Å². The van der Waals surface area contributed by atoms with Gasteiger partial charge in [-0.05, 0) is 5.89 Å². The van der Waals surface area contributed by atoms with Gasteiger partial charge >= 0.3 is 5.97 Å². The van der Waals surface area contributed by atoms with Crippen LogP contribution in [0, 0.1) is 5.89 Å². The molecule has 0 bridgehead atoms. The Kier molecular flexibility index (Phi) is 1.16. The van der Waals surface area contributed by atoms with Crippen LogP contribution >= 0.6 is 0 Å². The molecule has 1 unspecified atom stereocenters. The van der Waals surface area contributed by atoms with E-state index in [1.165, 1.54) is 0 Å². The van der Waals surface area contributed by atoms with Gasteiger partial charge in [-0.1, -0.05) is 20.2 Å². The van der Waals surface area contributed by atoms with E-state index in [1.807, 2.05) is 0 Å². The van der Waals surface area contributed by atoms with Crippen LogP contribution < -0.4 is 5.73 Å². The normalized spacial score (nSPS) is 33.3. The predicted molar refractivity (Wildman–Crippen MR) is 35.1 cm³/mol. The second-order valence-corrected chi connectivity index (χ2v) is 1.56. The van der Waals surface area contributed by atoms with E-state index in [2.05, 4.69) is 0 Å². The van der Waals surface area contributed by atoms with Crippen molar-refractivity contribution in [3.05, 3.63) is 0 Å². The van der Waals surface area contributed by atoms with Crippen LogP contribution in [0.15, 0.2) is 0 Å². The van der Waals surface area contributed by atoms with Crippen molar-refractivity contribution in [1.82, 2.24) is 0 Å². The van der Waals surface area contributed by atoms with Crippen LogP contribution in [0.1, 0.15) is 27.0 Å². The van der Waals surface area contributed by atoms with E-state index in [0.717, 1.165) is 6.92 Å². The summed E-state index contributed by atoms with van der Waals surface area (Å²) in [4.78, 5) is 10.5. The predicted octanol–water partition coefficient (Wildman–Crippen LogP) is 0.444. The molecule has 3 atom stereocenters. The lowest BCUT2D eigenvalue weighted by Gasteiger charge is -2.11. The van der Waals surface area contributed by atoms with Crippen molar-refractivity contribution < 1.29 is 16.8 Å². The van der Waals surface area contributed by atoms with E-state index in [9.17, 15) is 4.79 Å². The number of aliphatic carboxylic acids is 1. The highest BCUT2D eigenvalue weighted by Gasteiger charge is 2.17. The summed E-state index contributed by atoms with van der Waals surface area (Å²) in [5.41, 5.74) is 5.12. The summed E-state index contributed by atoms with van der Waals surface area (Å²) in [6.07, 6.45) is -1.42. The van der Waals surface area contributed by atoms with Crippen molar-refractivity contribution in [3.8, 4) is 0 Å². The van der Waals surface area contributed by atoms with Crippen LogP contribution in [-0.2, 0) is 4.79 Å². The Bertz CT molecular complexity index is 229. The maximum Gasteiger partial charge on any atom is 0.320 e. The molecule has 0 fully saturated rings. The van der Waals surface area contributed by atoms with Gasteiger partial charge in [0.25, 0.3) is 0 Å². The zero-order chi connectivity index (χ0) is 11.7. The molecule has 0 aliphatic heterocycles. The molecule has 0 aliphatic carbocycles. The van der Waals surface area contributed by atoms with Crippen molar-refractivity contribution in [1.29, 1.82) is 0 Å². The van der Waals surface area contributed by atoms with E-state index in [1.54, 1.807) is 0 Å². The fourth-order valence-corrected chi connectivity index (χ4v) is 0.313. The van der Waals surface area contributed by atoms with Gasteiger partial charge < -0.3 is 10.8 Å². The number of carbonyl (C=O) groups is 1. The molecule has 0 saturated carbocycles. The van der Waals surface area contributed by atoms with E-state index in [-0.39, 0.29) is 0 Å². The van der Waals surface area contributed by atoms with Crippen LogP contribution in [0.3, 0.4) is 0 Å². The highest BCUT2D eigenvalue weighted by atomic mass is 16.5. The fraction of sp³-hybridized carbons (Fsp3) is 0.833. The summed E-state index contributed by atoms with van der Waals surface area (Å²) in [5, 5.41) is 8.55. The Labute approximate surface area is 61.9 Å². The third-order valence-electron chi connectivity index (χ3n) is 0.912. The first kappa shape index (κ1) is 3.01. The van der Waals surface area contributed by atoms with Gasteiger partial charge in [0, 0.05) is 6.85 Å². The summed E-state index contributed by atoms with van der Waals surface area (Å²) < 4.78 is 35.8. The molecule has 3 N–H and O–H groups in total. The first-order valence-corrected chi connectivity index (χ1v) is 2.45. The summed E-state index contributed by atoms with van der Waals surface area (Å²) in [5.74, 6) is -4.08. The standard InChI is InChI=1S/C6H13NO2/c1-3-4(2)5(7)6(8)9/h4-5H,3,7H2,1-2H3,(H,8,9)/t4-,5-/m0/s1/i2+0D3,3D,4+1D,5+1,6+1,7+1/t3?,4-,5-. The molecule has 0 aromatic rings. The molecule has 9 heavy (non-hydrogen) atoms. The number of hydrogen-bond acceptors (Lipinski definition) is 2. The second-order valence-electron chi connectivity index (χ2n) is 1.56. The van der Waals surface area contributed by atoms with Gasteiger partial charge in [-0.2, -0.15) is 0 Å². The molecular weight excluding hydrogens is 122 g/mol. The Morgan fingerprint density at radius 2 is 2.78 bits per heavy atom. The van der Waals surface area contributed by atoms with Crippen molar-refractivity contribution in [2.75, 3.05) is 0 Å². The zero-order valence-corrected chi connectivity index (χ0v) is 5.09. The van der Waals surface area contributed by atoms with Gasteiger partial charge in [0.2, 0.25) is 0 Å². The van der Waals surface area contributed by atoms with E-state index >= 15 is 0 Å². The average molecular weight is 140 g/mol. The van der Waals surface area contributed by atoms with E-state index in [4.69, 9.17) is 17.7 Å². The van der Waals surface area contributed by atoms with Crippen LogP contribution in [0.4, 0.5) is 0 Å². The molecule has 0 amide bonds. The summed E-state index contributed by atoms with van der Waals surface area (Å²) >= 11 is 0. The largest absolute Gasteiger partial charge is 0.480 e. The molecule has 0 radical (unpaired) electrons. The molecule has 0 heterocycles. The molecule has 0 aromatic carbocycles. The number of hydrogen-bond donors (Lipinski definition) is 2. The van der Waals surface area contributed by atoms with Gasteiger partial charge in [-0.15, -0.1) is 0 Å². The van der Waals surface area contributed by atoms with Gasteiger partial charge in [-0.25, -0.2) is 0 Å². The fourth-order valence-electron chi connectivity index (χ4n) is 0.313. The Morgan fingerprint density at radius 3 is 2.89 bits per heavy atom. The van der Waals surface area contributed by atoms with Gasteiger partial charge in [0.15, 0.2) is 0 Å². The first-order valence-electron chi connectivity index (χ1n) is 5.03. The Hall–Kier alpha value is -0.570. The Morgan fingerprint density at radius 1 is 2.22 bits per heavy atom. The molecule has 3 heteroatoms. The zero-order valence-electron chi connectivity index (χ0n) is 10.1. The molecule has 0 aliphatic rings. The third-order valence-corrected chi connectivity index (χ3v) is 0.912. The highest BCUT2D eigenvalue weighted by molar-refractivity contribution is 5.73. The summed E-state index contributed by atoms with van der Waals surface area (Å²) in [7, 11) is 0. The topological polar surface area (TPSA) is 63.3 Å². The third kappa shape index (κ3) is 2.46. The maximum atomic E-state index is 10.5. The quantitative estimate of drug-likeness (QED) is 0.441. The minimum Gasteiger partial charge on any atom is -0.480 e. The minimum absolute atomic E-state index is 1.14. The van der Waals surface area contributed by atoms with E-state index in [0.29, 0.717) is 0 Å². The second kappa shape index (κ2) is 3.45. The van der Waals surface area contributed by atoms with Crippen LogP contribution in [0.25, 0.3) is 0 Å². The first-order chi connectivity index (χ1) is 6.05. The highest BCUT2D eigenvalue weighted by Crippen LogP contribution is 2.04. The average Bonchev–Trinajstić information content (AvgIpc) is 1.98. The number of carboxylic acids is 1. The molecular formula is C6H13NO2. The van der Waals surface area contributed by atoms with E-state index < -0.39 is 31.2 Å². The lowest BCUT2D eigenvalue weighted by atomic mass is 10.5. The van der Waals surface area contributed by atoms with Crippen molar-refractivity contribution in [3.63, 3.8) is 0 Å². The summed E-state index contributed by atoms with van der Waals surface area (Å²) in [6.45, 7) is -1.76. The monoisotopic (exact) mass is 140 g/mol. The van der Waals surface area contributed by atoms with Crippen LogP contribution in [-0.4, -0.2) is 17.1 Å². The van der Waals surface area contributed by atoms with Gasteiger partial charge in [0.1, 0.15) is 6.04 Å². The Balaban J connectivity index is 5.22. The van der Waals surface area contributed by atoms with Crippen LogP contribution in [0.5, 0.6) is 0 Å². The smallest absolute Gasteiger partial charge is 0.320 e. The molecule has 0 rings (SSSR count). The SMILES string of the molecule is [2H]C(C)[13C@@]([2H])([13C@H]([15NH2])[13C](=O)O)[12C]([2H])([2H])[2H]. The number of carboxylic acid groups (broad SMARTS) is 1. The lowest BCUT2D eigenvalue weighted by Crippen LogP contribution is -2.36. The lowest BCUT2D eigenvalue weighted by molar-refractivity contribution is -0.139.